The molecule has 0 spiro atoms. The molecule has 18 heavy (non-hydrogen) atoms. The van der Waals surface area contributed by atoms with Crippen LogP contribution in [-0.4, -0.2) is 20.2 Å². The van der Waals surface area contributed by atoms with Crippen LogP contribution in [0.3, 0.4) is 0 Å². The standard InChI is InChI=1S/C14H23NO2S/c1-4-13(15)6-5-9-18(16,17)14-10-11(2)7-8-12(14)3/h7-8,10,13H,4-6,9,15H2,1-3H3. The molecule has 0 bridgehead atoms. The van der Waals surface area contributed by atoms with Crippen LogP contribution in [0.5, 0.6) is 0 Å². The second kappa shape index (κ2) is 6.34. The molecule has 0 saturated heterocycles. The predicted octanol–water partition coefficient (Wildman–Crippen LogP) is 2.59. The van der Waals surface area contributed by atoms with Gasteiger partial charge < -0.3 is 5.73 Å². The van der Waals surface area contributed by atoms with Crippen LogP contribution in [0.2, 0.25) is 0 Å². The maximum Gasteiger partial charge on any atom is 0.178 e. The van der Waals surface area contributed by atoms with Crippen molar-refractivity contribution >= 4 is 9.84 Å². The molecule has 0 fully saturated rings. The van der Waals surface area contributed by atoms with E-state index in [1.807, 2.05) is 32.9 Å². The first kappa shape index (κ1) is 15.2. The lowest BCUT2D eigenvalue weighted by Gasteiger charge is -2.11. The SMILES string of the molecule is CCC(N)CCCS(=O)(=O)c1cc(C)ccc1C. The molecule has 0 amide bonds. The molecule has 0 heterocycles. The van der Waals surface area contributed by atoms with Gasteiger partial charge in [-0.2, -0.15) is 0 Å². The Morgan fingerprint density at radius 1 is 1.28 bits per heavy atom. The molecule has 3 nitrogen and oxygen atoms in total. The van der Waals surface area contributed by atoms with E-state index in [1.54, 1.807) is 6.07 Å². The average Bonchev–Trinajstić information content (AvgIpc) is 2.31. The fourth-order valence-electron chi connectivity index (χ4n) is 1.89. The fraction of sp³-hybridized carbons (Fsp3) is 0.571. The van der Waals surface area contributed by atoms with Crippen LogP contribution in [0.4, 0.5) is 0 Å². The van der Waals surface area contributed by atoms with E-state index in [1.165, 1.54) is 0 Å². The maximum atomic E-state index is 12.2. The highest BCUT2D eigenvalue weighted by atomic mass is 32.2. The predicted molar refractivity (Wildman–Crippen MR) is 75.5 cm³/mol. The van der Waals surface area contributed by atoms with Gasteiger partial charge in [0.25, 0.3) is 0 Å². The van der Waals surface area contributed by atoms with Crippen molar-refractivity contribution in [2.75, 3.05) is 5.75 Å². The van der Waals surface area contributed by atoms with Crippen molar-refractivity contribution in [1.82, 2.24) is 0 Å². The number of rotatable bonds is 6. The Kier molecular flexibility index (Phi) is 5.35. The van der Waals surface area contributed by atoms with Gasteiger partial charge in [-0.05, 0) is 50.3 Å². The number of hydrogen-bond donors (Lipinski definition) is 1. The van der Waals surface area contributed by atoms with Gasteiger partial charge in [-0.3, -0.25) is 0 Å². The zero-order valence-corrected chi connectivity index (χ0v) is 12.3. The molecule has 0 saturated carbocycles. The quantitative estimate of drug-likeness (QED) is 0.863. The third-order valence-corrected chi connectivity index (χ3v) is 5.13. The summed E-state index contributed by atoms with van der Waals surface area (Å²) in [5.41, 5.74) is 7.60. The van der Waals surface area contributed by atoms with Crippen LogP contribution in [0.15, 0.2) is 23.1 Å². The summed E-state index contributed by atoms with van der Waals surface area (Å²) < 4.78 is 24.5. The molecule has 2 N–H and O–H groups in total. The first-order chi connectivity index (χ1) is 8.36. The highest BCUT2D eigenvalue weighted by molar-refractivity contribution is 7.91. The molecule has 0 aliphatic rings. The summed E-state index contributed by atoms with van der Waals surface area (Å²) in [5.74, 6) is 0.186. The first-order valence-electron chi connectivity index (χ1n) is 6.42. The molecule has 1 unspecified atom stereocenters. The van der Waals surface area contributed by atoms with Gasteiger partial charge in [-0.25, -0.2) is 8.42 Å². The van der Waals surface area contributed by atoms with Crippen LogP contribution in [0.25, 0.3) is 0 Å². The zero-order valence-electron chi connectivity index (χ0n) is 11.4. The molecular formula is C14H23NO2S. The largest absolute Gasteiger partial charge is 0.328 e. The molecule has 0 radical (unpaired) electrons. The molecule has 0 aliphatic carbocycles. The molecule has 0 aromatic heterocycles. The lowest BCUT2D eigenvalue weighted by atomic mass is 10.1. The summed E-state index contributed by atoms with van der Waals surface area (Å²) in [7, 11) is -3.17. The molecule has 0 aliphatic heterocycles. The lowest BCUT2D eigenvalue weighted by Crippen LogP contribution is -2.20. The normalized spacial score (nSPS) is 13.6. The molecule has 1 aromatic rings. The van der Waals surface area contributed by atoms with E-state index in [4.69, 9.17) is 5.73 Å². The highest BCUT2D eigenvalue weighted by Gasteiger charge is 2.17. The molecule has 1 rings (SSSR count). The van der Waals surface area contributed by atoms with E-state index in [0.717, 1.165) is 24.0 Å². The molecular weight excluding hydrogens is 246 g/mol. The molecule has 1 aromatic carbocycles. The van der Waals surface area contributed by atoms with E-state index in [2.05, 4.69) is 0 Å². The number of aryl methyl sites for hydroxylation is 2. The van der Waals surface area contributed by atoms with Gasteiger partial charge in [-0.15, -0.1) is 0 Å². The Morgan fingerprint density at radius 3 is 2.56 bits per heavy atom. The summed E-state index contributed by atoms with van der Waals surface area (Å²) >= 11 is 0. The van der Waals surface area contributed by atoms with E-state index in [0.29, 0.717) is 11.3 Å². The summed E-state index contributed by atoms with van der Waals surface area (Å²) in [6.07, 6.45) is 2.29. The Bertz CT molecular complexity index is 495. The number of nitrogens with two attached hydrogens (primary N) is 1. The second-order valence-corrected chi connectivity index (χ2v) is 6.98. The monoisotopic (exact) mass is 269 g/mol. The van der Waals surface area contributed by atoms with Gasteiger partial charge in [0.2, 0.25) is 0 Å². The van der Waals surface area contributed by atoms with Crippen molar-refractivity contribution in [2.45, 2.75) is 51.0 Å². The minimum absolute atomic E-state index is 0.110. The van der Waals surface area contributed by atoms with Crippen molar-refractivity contribution in [2.24, 2.45) is 5.73 Å². The van der Waals surface area contributed by atoms with Crippen LogP contribution in [-0.2, 0) is 9.84 Å². The number of hydrogen-bond acceptors (Lipinski definition) is 3. The average molecular weight is 269 g/mol. The van der Waals surface area contributed by atoms with Crippen LogP contribution < -0.4 is 5.73 Å². The topological polar surface area (TPSA) is 60.2 Å². The van der Waals surface area contributed by atoms with Crippen molar-refractivity contribution < 1.29 is 8.42 Å². The summed E-state index contributed by atoms with van der Waals surface area (Å²) in [5, 5.41) is 0. The zero-order chi connectivity index (χ0) is 13.8. The van der Waals surface area contributed by atoms with Crippen molar-refractivity contribution in [3.05, 3.63) is 29.3 Å². The fourth-order valence-corrected chi connectivity index (χ4v) is 3.58. The van der Waals surface area contributed by atoms with Gasteiger partial charge >= 0.3 is 0 Å². The van der Waals surface area contributed by atoms with Crippen molar-refractivity contribution in [1.29, 1.82) is 0 Å². The van der Waals surface area contributed by atoms with Gasteiger partial charge in [-0.1, -0.05) is 19.1 Å². The van der Waals surface area contributed by atoms with E-state index in [-0.39, 0.29) is 11.8 Å². The highest BCUT2D eigenvalue weighted by Crippen LogP contribution is 2.19. The minimum Gasteiger partial charge on any atom is -0.328 e. The molecule has 102 valence electrons. The minimum atomic E-state index is -3.17. The van der Waals surface area contributed by atoms with Gasteiger partial charge in [0.1, 0.15) is 0 Å². The Hall–Kier alpha value is -0.870. The summed E-state index contributed by atoms with van der Waals surface area (Å²) in [4.78, 5) is 0.465. The van der Waals surface area contributed by atoms with Gasteiger partial charge in [0, 0.05) is 6.04 Å². The van der Waals surface area contributed by atoms with Crippen molar-refractivity contribution in [3.8, 4) is 0 Å². The molecule has 4 heteroatoms. The third kappa shape index (κ3) is 4.10. The van der Waals surface area contributed by atoms with Gasteiger partial charge in [0.15, 0.2) is 9.84 Å². The van der Waals surface area contributed by atoms with Crippen LogP contribution >= 0.6 is 0 Å². The second-order valence-electron chi connectivity index (χ2n) is 4.90. The summed E-state index contributed by atoms with van der Waals surface area (Å²) in [6.45, 7) is 5.76. The Morgan fingerprint density at radius 2 is 1.94 bits per heavy atom. The third-order valence-electron chi connectivity index (χ3n) is 3.19. The Labute approximate surface area is 110 Å². The van der Waals surface area contributed by atoms with Gasteiger partial charge in [0.05, 0.1) is 10.6 Å². The van der Waals surface area contributed by atoms with Crippen LogP contribution in [0.1, 0.15) is 37.3 Å². The number of sulfone groups is 1. The van der Waals surface area contributed by atoms with Crippen molar-refractivity contribution in [3.63, 3.8) is 0 Å². The Balaban J connectivity index is 2.77. The van der Waals surface area contributed by atoms with E-state index < -0.39 is 9.84 Å². The maximum absolute atomic E-state index is 12.2. The van der Waals surface area contributed by atoms with E-state index in [9.17, 15) is 8.42 Å². The van der Waals surface area contributed by atoms with Crippen LogP contribution in [0, 0.1) is 13.8 Å². The smallest absolute Gasteiger partial charge is 0.178 e. The lowest BCUT2D eigenvalue weighted by molar-refractivity contribution is 0.567. The van der Waals surface area contributed by atoms with E-state index >= 15 is 0 Å². The first-order valence-corrected chi connectivity index (χ1v) is 8.07. The molecule has 1 atom stereocenters. The number of benzene rings is 1. The summed E-state index contributed by atoms with van der Waals surface area (Å²) in [6, 6.07) is 5.66.